The number of ether oxygens (including phenoxy) is 2. The third-order valence-electron chi connectivity index (χ3n) is 18.0. The van der Waals surface area contributed by atoms with Gasteiger partial charge < -0.3 is 14.6 Å². The molecule has 266 valence electrons. The molecule has 48 heavy (non-hydrogen) atoms. The maximum atomic E-state index is 10.9. The van der Waals surface area contributed by atoms with E-state index in [-0.39, 0.29) is 11.5 Å². The SMILES string of the molecule is CC(C)CCC[C@@H](C)C1CCC2C3CC[C@@H]4O[C@@]5(CC[C@]4(C)C3CC[C@@]21C)Cc1cc2c(cc1O5)CCC1C2CC[C@@]2(C)C1CC[C@@H]2O. The van der Waals surface area contributed by atoms with E-state index in [1.165, 1.54) is 102 Å². The number of benzene rings is 1. The van der Waals surface area contributed by atoms with Gasteiger partial charge in [-0.15, -0.1) is 0 Å². The Morgan fingerprint density at radius 3 is 2.33 bits per heavy atom. The zero-order valence-electron chi connectivity index (χ0n) is 31.5. The van der Waals surface area contributed by atoms with Gasteiger partial charge in [0, 0.05) is 18.4 Å². The Morgan fingerprint density at radius 2 is 1.50 bits per heavy atom. The van der Waals surface area contributed by atoms with Crippen molar-refractivity contribution < 1.29 is 14.6 Å². The molecular weight excluding hydrogens is 588 g/mol. The van der Waals surface area contributed by atoms with Gasteiger partial charge in [0.2, 0.25) is 5.79 Å². The van der Waals surface area contributed by atoms with Gasteiger partial charge in [-0.1, -0.05) is 66.9 Å². The Bertz CT molecular complexity index is 1400. The third-order valence-corrected chi connectivity index (χ3v) is 18.0. The van der Waals surface area contributed by atoms with Crippen LogP contribution >= 0.6 is 0 Å². The molecule has 6 aliphatic carbocycles. The van der Waals surface area contributed by atoms with E-state index in [4.69, 9.17) is 9.47 Å². The molecule has 14 atom stereocenters. The summed E-state index contributed by atoms with van der Waals surface area (Å²) in [4.78, 5) is 0. The van der Waals surface area contributed by atoms with Crippen molar-refractivity contribution in [1.82, 2.24) is 0 Å². The number of aliphatic hydroxyl groups is 1. The van der Waals surface area contributed by atoms with Crippen LogP contribution in [0.5, 0.6) is 5.75 Å². The summed E-state index contributed by atoms with van der Waals surface area (Å²) in [6.07, 6.45) is 23.3. The summed E-state index contributed by atoms with van der Waals surface area (Å²) in [6.45, 7) is 15.2. The highest BCUT2D eigenvalue weighted by Crippen LogP contribution is 2.68. The average Bonchev–Trinajstić information content (AvgIpc) is 3.69. The first kappa shape index (κ1) is 32.8. The molecular formula is C45H68O3. The van der Waals surface area contributed by atoms with E-state index in [1.54, 1.807) is 11.1 Å². The second kappa shape index (κ2) is 11.5. The van der Waals surface area contributed by atoms with Gasteiger partial charge in [0.05, 0.1) is 12.2 Å². The Hall–Kier alpha value is -1.06. The fourth-order valence-corrected chi connectivity index (χ4v) is 15.3. The van der Waals surface area contributed by atoms with E-state index in [0.717, 1.165) is 66.4 Å². The first-order valence-electron chi connectivity index (χ1n) is 21.1. The maximum Gasteiger partial charge on any atom is 0.215 e. The minimum Gasteiger partial charge on any atom is -0.462 e. The second-order valence-electron chi connectivity index (χ2n) is 20.5. The number of hydrogen-bond donors (Lipinski definition) is 1. The number of fused-ring (bicyclic) bond motifs is 11. The third kappa shape index (κ3) is 4.77. The molecule has 1 N–H and O–H groups in total. The molecule has 8 aliphatic rings. The zero-order valence-corrected chi connectivity index (χ0v) is 31.5. The lowest BCUT2D eigenvalue weighted by Gasteiger charge is -2.61. The fraction of sp³-hybridized carbons (Fsp3) is 0.867. The number of aryl methyl sites for hydroxylation is 1. The number of rotatable bonds is 5. The molecule has 0 amide bonds. The van der Waals surface area contributed by atoms with E-state index in [2.05, 4.69) is 53.7 Å². The zero-order chi connectivity index (χ0) is 33.2. The second-order valence-corrected chi connectivity index (χ2v) is 20.5. The smallest absolute Gasteiger partial charge is 0.215 e. The Kier molecular flexibility index (Phi) is 7.84. The summed E-state index contributed by atoms with van der Waals surface area (Å²) in [7, 11) is 0. The minimum atomic E-state index is -0.448. The molecule has 9 rings (SSSR count). The maximum absolute atomic E-state index is 10.9. The molecule has 3 nitrogen and oxygen atoms in total. The van der Waals surface area contributed by atoms with Crippen LogP contribution < -0.4 is 4.74 Å². The standard InChI is InChI=1S/C45H68O3/c1-27(2)8-7-9-28(3)35-13-14-37-33-12-17-41-44(6,38(33)19-21-42(35,37)4)22-23-45(48-41)26-30-24-34-29(25-39(30)47-45)10-11-32-31(34)18-20-43(5)36(32)15-16-40(43)46/h24-25,27-28,31-33,35-38,40-41,46H,7-23,26H2,1-6H3/t28-,31?,32?,33?,35?,36?,37?,38?,40+,41+,42-,43+,44-,45+/m1/s1. The highest BCUT2D eigenvalue weighted by molar-refractivity contribution is 5.49. The van der Waals surface area contributed by atoms with Crippen molar-refractivity contribution in [1.29, 1.82) is 0 Å². The van der Waals surface area contributed by atoms with E-state index < -0.39 is 5.79 Å². The van der Waals surface area contributed by atoms with Gasteiger partial charge in [-0.25, -0.2) is 0 Å². The van der Waals surface area contributed by atoms with Crippen molar-refractivity contribution in [2.45, 2.75) is 181 Å². The van der Waals surface area contributed by atoms with Gasteiger partial charge in [-0.2, -0.15) is 0 Å². The lowest BCUT2D eigenvalue weighted by atomic mass is 9.47. The normalized spacial score (nSPS) is 49.3. The minimum absolute atomic E-state index is 0.0938. The van der Waals surface area contributed by atoms with Gasteiger partial charge in [0.25, 0.3) is 0 Å². The molecule has 1 aromatic rings. The summed E-state index contributed by atoms with van der Waals surface area (Å²) in [5.74, 6) is 8.08. The van der Waals surface area contributed by atoms with E-state index in [9.17, 15) is 5.11 Å². The molecule has 0 bridgehead atoms. The van der Waals surface area contributed by atoms with Crippen molar-refractivity contribution in [2.24, 2.45) is 63.6 Å². The Morgan fingerprint density at radius 1 is 0.729 bits per heavy atom. The molecule has 0 radical (unpaired) electrons. The first-order valence-corrected chi connectivity index (χ1v) is 21.1. The summed E-state index contributed by atoms with van der Waals surface area (Å²) < 4.78 is 14.3. The van der Waals surface area contributed by atoms with Crippen molar-refractivity contribution in [3.05, 3.63) is 28.8 Å². The monoisotopic (exact) mass is 657 g/mol. The van der Waals surface area contributed by atoms with Crippen molar-refractivity contribution >= 4 is 0 Å². The largest absolute Gasteiger partial charge is 0.462 e. The first-order chi connectivity index (χ1) is 22.9. The molecule has 3 heteroatoms. The number of hydrogen-bond acceptors (Lipinski definition) is 3. The topological polar surface area (TPSA) is 38.7 Å². The highest BCUT2D eigenvalue weighted by Gasteiger charge is 2.63. The molecule has 5 saturated carbocycles. The van der Waals surface area contributed by atoms with Crippen LogP contribution in [0.25, 0.3) is 0 Å². The predicted molar refractivity (Wildman–Crippen MR) is 194 cm³/mol. The molecule has 0 aromatic heterocycles. The van der Waals surface area contributed by atoms with Crippen LogP contribution in [0.4, 0.5) is 0 Å². The van der Waals surface area contributed by atoms with Gasteiger partial charge in [0.15, 0.2) is 0 Å². The van der Waals surface area contributed by atoms with Crippen molar-refractivity contribution in [3.8, 4) is 5.75 Å². The lowest BCUT2D eigenvalue weighted by molar-refractivity contribution is -0.290. The van der Waals surface area contributed by atoms with Crippen LogP contribution in [0, 0.1) is 63.6 Å². The van der Waals surface area contributed by atoms with Crippen molar-refractivity contribution in [2.75, 3.05) is 0 Å². The highest BCUT2D eigenvalue weighted by atomic mass is 16.7. The Balaban J connectivity index is 0.890. The lowest BCUT2D eigenvalue weighted by Crippen LogP contribution is -2.60. The summed E-state index contributed by atoms with van der Waals surface area (Å²) in [5.41, 5.74) is 5.59. The van der Waals surface area contributed by atoms with E-state index in [1.807, 2.05) is 0 Å². The van der Waals surface area contributed by atoms with Crippen LogP contribution in [0.2, 0.25) is 0 Å². The molecule has 1 saturated heterocycles. The van der Waals surface area contributed by atoms with E-state index >= 15 is 0 Å². The predicted octanol–water partition coefficient (Wildman–Crippen LogP) is 11.0. The molecule has 6 fully saturated rings. The van der Waals surface area contributed by atoms with Crippen LogP contribution in [0.1, 0.15) is 167 Å². The summed E-state index contributed by atoms with van der Waals surface area (Å²) in [6, 6.07) is 5.03. The summed E-state index contributed by atoms with van der Waals surface area (Å²) in [5, 5.41) is 10.9. The Labute approximate surface area is 293 Å². The molecule has 1 spiro atoms. The van der Waals surface area contributed by atoms with Crippen LogP contribution in [0.3, 0.4) is 0 Å². The van der Waals surface area contributed by atoms with E-state index in [0.29, 0.717) is 28.8 Å². The van der Waals surface area contributed by atoms with Crippen molar-refractivity contribution in [3.63, 3.8) is 0 Å². The van der Waals surface area contributed by atoms with Crippen LogP contribution in [-0.2, 0) is 17.6 Å². The summed E-state index contributed by atoms with van der Waals surface area (Å²) >= 11 is 0. The number of aliphatic hydroxyl groups excluding tert-OH is 1. The molecule has 7 unspecified atom stereocenters. The molecule has 1 aromatic carbocycles. The van der Waals surface area contributed by atoms with Gasteiger partial charge >= 0.3 is 0 Å². The quantitative estimate of drug-likeness (QED) is 0.343. The molecule has 2 aliphatic heterocycles. The molecule has 2 heterocycles. The van der Waals surface area contributed by atoms with Gasteiger partial charge in [-0.05, 0) is 170 Å². The van der Waals surface area contributed by atoms with Crippen LogP contribution in [0.15, 0.2) is 12.1 Å². The van der Waals surface area contributed by atoms with Gasteiger partial charge in [0.1, 0.15) is 5.75 Å². The van der Waals surface area contributed by atoms with Crippen LogP contribution in [-0.4, -0.2) is 23.1 Å². The van der Waals surface area contributed by atoms with Gasteiger partial charge in [-0.3, -0.25) is 0 Å². The fourth-order valence-electron chi connectivity index (χ4n) is 15.3. The average molecular weight is 657 g/mol.